The summed E-state index contributed by atoms with van der Waals surface area (Å²) in [6.07, 6.45) is -0.695. The fraction of sp³-hybridized carbons (Fsp3) is 0.136. The van der Waals surface area contributed by atoms with Crippen LogP contribution in [0.5, 0.6) is 5.75 Å². The number of methoxy groups -OCH3 is 1. The summed E-state index contributed by atoms with van der Waals surface area (Å²) in [6.45, 7) is 0.367. The molecular formula is C22H20O4. The van der Waals surface area contributed by atoms with Crippen LogP contribution in [0.1, 0.15) is 33.2 Å². The number of benzene rings is 3. The number of carbonyl (C=O) groups is 1. The summed E-state index contributed by atoms with van der Waals surface area (Å²) in [7, 11) is 1.36. The van der Waals surface area contributed by atoms with Gasteiger partial charge in [0.15, 0.2) is 0 Å². The number of aliphatic hydroxyl groups excluding tert-OH is 1. The lowest BCUT2D eigenvalue weighted by molar-refractivity contribution is 0.0600. The quantitative estimate of drug-likeness (QED) is 0.681. The van der Waals surface area contributed by atoms with Crippen molar-refractivity contribution in [3.63, 3.8) is 0 Å². The number of rotatable bonds is 6. The van der Waals surface area contributed by atoms with E-state index >= 15 is 0 Å². The molecule has 3 rings (SSSR count). The summed E-state index contributed by atoms with van der Waals surface area (Å²) in [5, 5.41) is 10.5. The van der Waals surface area contributed by atoms with Crippen molar-refractivity contribution in [1.82, 2.24) is 0 Å². The van der Waals surface area contributed by atoms with E-state index in [4.69, 9.17) is 4.74 Å². The first-order valence-electron chi connectivity index (χ1n) is 8.30. The van der Waals surface area contributed by atoms with Gasteiger partial charge in [0.2, 0.25) is 0 Å². The van der Waals surface area contributed by atoms with Gasteiger partial charge in [-0.25, -0.2) is 4.79 Å². The van der Waals surface area contributed by atoms with E-state index in [1.54, 1.807) is 12.1 Å². The topological polar surface area (TPSA) is 55.8 Å². The van der Waals surface area contributed by atoms with Gasteiger partial charge < -0.3 is 14.6 Å². The molecule has 26 heavy (non-hydrogen) atoms. The Morgan fingerprint density at radius 3 is 2.31 bits per heavy atom. The van der Waals surface area contributed by atoms with Crippen molar-refractivity contribution < 1.29 is 19.4 Å². The van der Waals surface area contributed by atoms with Crippen LogP contribution < -0.4 is 4.74 Å². The van der Waals surface area contributed by atoms with Crippen LogP contribution in [0.25, 0.3) is 0 Å². The minimum absolute atomic E-state index is 0.361. The highest BCUT2D eigenvalue weighted by atomic mass is 16.5. The molecule has 0 saturated heterocycles. The highest BCUT2D eigenvalue weighted by Gasteiger charge is 2.11. The summed E-state index contributed by atoms with van der Waals surface area (Å²) in [4.78, 5) is 11.4. The van der Waals surface area contributed by atoms with E-state index in [0.29, 0.717) is 17.9 Å². The highest BCUT2D eigenvalue weighted by molar-refractivity contribution is 5.89. The summed E-state index contributed by atoms with van der Waals surface area (Å²) >= 11 is 0. The molecule has 0 aromatic heterocycles. The monoisotopic (exact) mass is 348 g/mol. The maximum Gasteiger partial charge on any atom is 0.337 e. The average Bonchev–Trinajstić information content (AvgIpc) is 2.72. The Labute approximate surface area is 152 Å². The number of esters is 1. The lowest BCUT2D eigenvalue weighted by Crippen LogP contribution is -2.02. The zero-order chi connectivity index (χ0) is 18.4. The molecule has 4 nitrogen and oxygen atoms in total. The van der Waals surface area contributed by atoms with Crippen LogP contribution in [-0.2, 0) is 11.3 Å². The minimum Gasteiger partial charge on any atom is -0.489 e. The molecule has 132 valence electrons. The van der Waals surface area contributed by atoms with Crippen molar-refractivity contribution in [3.8, 4) is 5.75 Å². The van der Waals surface area contributed by atoms with Gasteiger partial charge in [-0.1, -0.05) is 54.6 Å². The third-order valence-corrected chi connectivity index (χ3v) is 4.07. The molecule has 0 fully saturated rings. The molecule has 1 atom stereocenters. The van der Waals surface area contributed by atoms with Crippen LogP contribution >= 0.6 is 0 Å². The van der Waals surface area contributed by atoms with Crippen LogP contribution in [0.15, 0.2) is 78.9 Å². The number of carbonyl (C=O) groups excluding carboxylic acids is 1. The fourth-order valence-corrected chi connectivity index (χ4v) is 2.62. The van der Waals surface area contributed by atoms with Gasteiger partial charge >= 0.3 is 5.97 Å². The third-order valence-electron chi connectivity index (χ3n) is 4.07. The van der Waals surface area contributed by atoms with Gasteiger partial charge in [-0.3, -0.25) is 0 Å². The van der Waals surface area contributed by atoms with E-state index < -0.39 is 6.10 Å². The zero-order valence-corrected chi connectivity index (χ0v) is 14.5. The maximum atomic E-state index is 11.4. The predicted octanol–water partition coefficient (Wildman–Crippen LogP) is 4.13. The molecular weight excluding hydrogens is 328 g/mol. The highest BCUT2D eigenvalue weighted by Crippen LogP contribution is 2.25. The van der Waals surface area contributed by atoms with E-state index in [0.717, 1.165) is 16.7 Å². The Morgan fingerprint density at radius 1 is 0.923 bits per heavy atom. The Balaban J connectivity index is 1.66. The van der Waals surface area contributed by atoms with Gasteiger partial charge in [0, 0.05) is 0 Å². The van der Waals surface area contributed by atoms with Crippen LogP contribution in [-0.4, -0.2) is 18.2 Å². The standard InChI is InChI=1S/C22H20O4/c1-25-22(24)18-12-10-16(11-13-18)15-26-20-9-5-8-19(14-20)21(23)17-6-3-2-4-7-17/h2-14,21,23H,15H2,1H3. The largest absolute Gasteiger partial charge is 0.489 e. The number of aliphatic hydroxyl groups is 1. The van der Waals surface area contributed by atoms with E-state index in [1.807, 2.05) is 66.7 Å². The van der Waals surface area contributed by atoms with Gasteiger partial charge in [-0.2, -0.15) is 0 Å². The van der Waals surface area contributed by atoms with E-state index in [-0.39, 0.29) is 5.97 Å². The molecule has 1 N–H and O–H groups in total. The molecule has 0 saturated carbocycles. The van der Waals surface area contributed by atoms with Gasteiger partial charge in [0.25, 0.3) is 0 Å². The molecule has 3 aromatic rings. The molecule has 0 radical (unpaired) electrons. The Bertz CT molecular complexity index is 857. The van der Waals surface area contributed by atoms with Crippen molar-refractivity contribution in [3.05, 3.63) is 101 Å². The number of hydrogen-bond donors (Lipinski definition) is 1. The summed E-state index contributed by atoms with van der Waals surface area (Å²) in [5.74, 6) is 0.314. The van der Waals surface area contributed by atoms with E-state index in [9.17, 15) is 9.90 Å². The maximum absolute atomic E-state index is 11.4. The molecule has 0 aliphatic heterocycles. The molecule has 1 unspecified atom stereocenters. The van der Waals surface area contributed by atoms with Gasteiger partial charge in [-0.15, -0.1) is 0 Å². The van der Waals surface area contributed by atoms with Crippen LogP contribution in [0.2, 0.25) is 0 Å². The van der Waals surface area contributed by atoms with Crippen LogP contribution in [0, 0.1) is 0 Å². The van der Waals surface area contributed by atoms with Crippen molar-refractivity contribution in [2.24, 2.45) is 0 Å². The normalized spacial score (nSPS) is 11.6. The molecule has 0 aliphatic rings. The Morgan fingerprint density at radius 2 is 1.62 bits per heavy atom. The average molecular weight is 348 g/mol. The minimum atomic E-state index is -0.695. The van der Waals surface area contributed by atoms with E-state index in [1.165, 1.54) is 7.11 Å². The number of hydrogen-bond acceptors (Lipinski definition) is 4. The first-order chi connectivity index (χ1) is 12.7. The second kappa shape index (κ2) is 8.32. The van der Waals surface area contributed by atoms with Crippen molar-refractivity contribution in [2.45, 2.75) is 12.7 Å². The molecule has 0 spiro atoms. The predicted molar refractivity (Wildman–Crippen MR) is 99.1 cm³/mol. The zero-order valence-electron chi connectivity index (χ0n) is 14.5. The molecule has 0 heterocycles. The lowest BCUT2D eigenvalue weighted by atomic mass is 10.0. The van der Waals surface area contributed by atoms with Gasteiger partial charge in [0.05, 0.1) is 12.7 Å². The van der Waals surface area contributed by atoms with Crippen molar-refractivity contribution in [2.75, 3.05) is 7.11 Å². The molecule has 3 aromatic carbocycles. The summed E-state index contributed by atoms with van der Waals surface area (Å²) in [6, 6.07) is 24.0. The number of ether oxygens (including phenoxy) is 2. The first-order valence-corrected chi connectivity index (χ1v) is 8.30. The molecule has 0 aliphatic carbocycles. The van der Waals surface area contributed by atoms with Crippen molar-refractivity contribution >= 4 is 5.97 Å². The van der Waals surface area contributed by atoms with Gasteiger partial charge in [0.1, 0.15) is 18.5 Å². The van der Waals surface area contributed by atoms with E-state index in [2.05, 4.69) is 4.74 Å². The van der Waals surface area contributed by atoms with Gasteiger partial charge in [-0.05, 0) is 41.0 Å². The fourth-order valence-electron chi connectivity index (χ4n) is 2.62. The third kappa shape index (κ3) is 4.29. The summed E-state index contributed by atoms with van der Waals surface area (Å²) in [5.41, 5.74) is 3.05. The molecule has 0 bridgehead atoms. The second-order valence-electron chi connectivity index (χ2n) is 5.86. The Kier molecular flexibility index (Phi) is 5.66. The summed E-state index contributed by atoms with van der Waals surface area (Å²) < 4.78 is 10.5. The van der Waals surface area contributed by atoms with Crippen LogP contribution in [0.4, 0.5) is 0 Å². The smallest absolute Gasteiger partial charge is 0.337 e. The second-order valence-corrected chi connectivity index (χ2v) is 5.86. The molecule has 4 heteroatoms. The Hall–Kier alpha value is -3.11. The molecule has 0 amide bonds. The van der Waals surface area contributed by atoms with Crippen molar-refractivity contribution in [1.29, 1.82) is 0 Å². The first kappa shape index (κ1) is 17.7. The van der Waals surface area contributed by atoms with Crippen LogP contribution in [0.3, 0.4) is 0 Å². The lowest BCUT2D eigenvalue weighted by Gasteiger charge is -2.13. The SMILES string of the molecule is COC(=O)c1ccc(COc2cccc(C(O)c3ccccc3)c2)cc1.